The molecule has 0 unspecified atom stereocenters. The molecule has 142 valence electrons. The third-order valence-corrected chi connectivity index (χ3v) is 4.00. The van der Waals surface area contributed by atoms with Crippen LogP contribution in [0.3, 0.4) is 0 Å². The zero-order valence-corrected chi connectivity index (χ0v) is 15.6. The number of hydrogen-bond acceptors (Lipinski definition) is 6. The van der Waals surface area contributed by atoms with E-state index in [1.54, 1.807) is 48.5 Å². The zero-order valence-electron chi connectivity index (χ0n) is 15.6. The van der Waals surface area contributed by atoms with Crippen LogP contribution in [0, 0.1) is 22.7 Å². The molecular weight excluding hydrogens is 356 g/mol. The molecule has 6 heteroatoms. The van der Waals surface area contributed by atoms with Gasteiger partial charge in [0.05, 0.1) is 23.3 Å². The van der Waals surface area contributed by atoms with Crippen LogP contribution >= 0.6 is 0 Å². The maximum absolute atomic E-state index is 11.9. The lowest BCUT2D eigenvalue weighted by Crippen LogP contribution is -2.22. The van der Waals surface area contributed by atoms with Crippen LogP contribution in [-0.4, -0.2) is 18.2 Å². The van der Waals surface area contributed by atoms with Crippen LogP contribution < -0.4 is 0 Å². The van der Waals surface area contributed by atoms with E-state index in [0.717, 1.165) is 11.1 Å². The van der Waals surface area contributed by atoms with Crippen LogP contribution in [0.1, 0.15) is 42.0 Å². The van der Waals surface area contributed by atoms with E-state index in [-0.39, 0.29) is 12.8 Å². The second-order valence-electron chi connectivity index (χ2n) is 6.16. The molecule has 0 N–H and O–H groups in total. The monoisotopic (exact) mass is 376 g/mol. The van der Waals surface area contributed by atoms with Crippen molar-refractivity contribution in [3.8, 4) is 12.1 Å². The fraction of sp³-hybridized carbons (Fsp3) is 0.273. The Labute approximate surface area is 163 Å². The van der Waals surface area contributed by atoms with Crippen molar-refractivity contribution in [3.05, 3.63) is 70.8 Å². The highest BCUT2D eigenvalue weighted by Crippen LogP contribution is 2.09. The number of ether oxygens (including phenoxy) is 2. The molecule has 0 bridgehead atoms. The van der Waals surface area contributed by atoms with Crippen LogP contribution in [0.2, 0.25) is 0 Å². The van der Waals surface area contributed by atoms with Crippen molar-refractivity contribution in [1.29, 1.82) is 10.5 Å². The number of esters is 2. The minimum Gasteiger partial charge on any atom is -0.425 e. The van der Waals surface area contributed by atoms with Gasteiger partial charge in [0.1, 0.15) is 0 Å². The van der Waals surface area contributed by atoms with E-state index in [9.17, 15) is 9.59 Å². The van der Waals surface area contributed by atoms with Crippen molar-refractivity contribution in [2.75, 3.05) is 0 Å². The third kappa shape index (κ3) is 6.93. The lowest BCUT2D eigenvalue weighted by molar-refractivity contribution is -0.184. The molecule has 2 rings (SSSR count). The highest BCUT2D eigenvalue weighted by Gasteiger charge is 2.14. The second kappa shape index (κ2) is 10.5. The van der Waals surface area contributed by atoms with Gasteiger partial charge in [0.2, 0.25) is 6.29 Å². The van der Waals surface area contributed by atoms with Gasteiger partial charge in [-0.25, -0.2) is 0 Å². The molecule has 0 amide bonds. The Hall–Kier alpha value is -3.64. The van der Waals surface area contributed by atoms with Crippen molar-refractivity contribution in [1.82, 2.24) is 0 Å². The normalized spacial score (nSPS) is 10.0. The van der Waals surface area contributed by atoms with Gasteiger partial charge in [-0.1, -0.05) is 24.3 Å². The van der Waals surface area contributed by atoms with Gasteiger partial charge in [0.15, 0.2) is 0 Å². The summed E-state index contributed by atoms with van der Waals surface area (Å²) in [6.07, 6.45) is 0.299. The van der Waals surface area contributed by atoms with Crippen molar-refractivity contribution >= 4 is 11.9 Å². The van der Waals surface area contributed by atoms with Crippen LogP contribution in [0.5, 0.6) is 0 Å². The van der Waals surface area contributed by atoms with E-state index in [1.807, 2.05) is 12.1 Å². The molecule has 0 aliphatic heterocycles. The van der Waals surface area contributed by atoms with Gasteiger partial charge in [-0.15, -0.1) is 0 Å². The van der Waals surface area contributed by atoms with E-state index < -0.39 is 18.2 Å². The standard InChI is InChI=1S/C22H20N2O4/c1-16(27-21(25)12-10-17-2-6-19(14-23)7-3-17)28-22(26)13-11-18-4-8-20(15-24)9-5-18/h2-9,16H,10-13H2,1H3. The maximum atomic E-state index is 11.9. The van der Waals surface area contributed by atoms with E-state index in [2.05, 4.69) is 0 Å². The van der Waals surface area contributed by atoms with Crippen LogP contribution in [0.25, 0.3) is 0 Å². The summed E-state index contributed by atoms with van der Waals surface area (Å²) in [4.78, 5) is 23.8. The van der Waals surface area contributed by atoms with Gasteiger partial charge in [-0.3, -0.25) is 9.59 Å². The van der Waals surface area contributed by atoms with Crippen LogP contribution in [0.15, 0.2) is 48.5 Å². The first-order valence-electron chi connectivity index (χ1n) is 8.87. The number of benzene rings is 2. The van der Waals surface area contributed by atoms with E-state index in [0.29, 0.717) is 24.0 Å². The SMILES string of the molecule is CC(OC(=O)CCc1ccc(C#N)cc1)OC(=O)CCc1ccc(C#N)cc1. The third-order valence-electron chi connectivity index (χ3n) is 4.00. The summed E-state index contributed by atoms with van der Waals surface area (Å²) in [7, 11) is 0. The van der Waals surface area contributed by atoms with Crippen LogP contribution in [0.4, 0.5) is 0 Å². The first-order valence-corrected chi connectivity index (χ1v) is 8.87. The number of carbonyl (C=O) groups excluding carboxylic acids is 2. The molecule has 0 aliphatic carbocycles. The number of rotatable bonds is 8. The van der Waals surface area contributed by atoms with E-state index in [4.69, 9.17) is 20.0 Å². The predicted molar refractivity (Wildman–Crippen MR) is 101 cm³/mol. The topological polar surface area (TPSA) is 100 Å². The molecular formula is C22H20N2O4. The first kappa shape index (κ1) is 20.7. The predicted octanol–water partition coefficient (Wildman–Crippen LogP) is 3.43. The van der Waals surface area contributed by atoms with E-state index in [1.165, 1.54) is 6.92 Å². The summed E-state index contributed by atoms with van der Waals surface area (Å²) in [5.41, 5.74) is 2.96. The summed E-state index contributed by atoms with van der Waals surface area (Å²) in [5, 5.41) is 17.5. The molecule has 0 saturated heterocycles. The molecule has 0 spiro atoms. The Bertz CT molecular complexity index is 815. The van der Waals surface area contributed by atoms with Gasteiger partial charge in [0, 0.05) is 19.8 Å². The molecule has 2 aromatic carbocycles. The zero-order chi connectivity index (χ0) is 20.4. The Balaban J connectivity index is 1.68. The molecule has 2 aromatic rings. The Morgan fingerprint density at radius 2 is 1.14 bits per heavy atom. The minimum absolute atomic E-state index is 0.152. The van der Waals surface area contributed by atoms with Crippen molar-refractivity contribution in [3.63, 3.8) is 0 Å². The van der Waals surface area contributed by atoms with Crippen molar-refractivity contribution in [2.45, 2.75) is 38.9 Å². The van der Waals surface area contributed by atoms with Gasteiger partial charge in [-0.05, 0) is 48.2 Å². The van der Waals surface area contributed by atoms with Crippen molar-refractivity contribution < 1.29 is 19.1 Å². The summed E-state index contributed by atoms with van der Waals surface area (Å²) in [5.74, 6) is -0.923. The van der Waals surface area contributed by atoms with Gasteiger partial charge < -0.3 is 9.47 Å². The lowest BCUT2D eigenvalue weighted by atomic mass is 10.1. The highest BCUT2D eigenvalue weighted by atomic mass is 16.7. The average Bonchev–Trinajstić information content (AvgIpc) is 2.71. The summed E-state index contributed by atoms with van der Waals surface area (Å²) in [6.45, 7) is 1.50. The minimum atomic E-state index is -0.957. The molecule has 6 nitrogen and oxygen atoms in total. The summed E-state index contributed by atoms with van der Waals surface area (Å²) in [6, 6.07) is 18.0. The molecule has 0 saturated carbocycles. The molecule has 0 aromatic heterocycles. The Morgan fingerprint density at radius 1 is 0.786 bits per heavy atom. The molecule has 28 heavy (non-hydrogen) atoms. The fourth-order valence-corrected chi connectivity index (χ4v) is 2.50. The molecule has 0 radical (unpaired) electrons. The Kier molecular flexibility index (Phi) is 7.75. The quantitative estimate of drug-likeness (QED) is 0.517. The molecule has 0 heterocycles. The largest absolute Gasteiger partial charge is 0.425 e. The number of aryl methyl sites for hydroxylation is 2. The Morgan fingerprint density at radius 3 is 1.46 bits per heavy atom. The lowest BCUT2D eigenvalue weighted by Gasteiger charge is -2.14. The van der Waals surface area contributed by atoms with Crippen molar-refractivity contribution in [2.24, 2.45) is 0 Å². The molecule has 0 atom stereocenters. The smallest absolute Gasteiger partial charge is 0.309 e. The number of nitrogens with zero attached hydrogens (tertiary/aromatic N) is 2. The average molecular weight is 376 g/mol. The molecule has 0 fully saturated rings. The van der Waals surface area contributed by atoms with E-state index >= 15 is 0 Å². The van der Waals surface area contributed by atoms with Crippen LogP contribution in [-0.2, 0) is 31.9 Å². The second-order valence-corrected chi connectivity index (χ2v) is 6.16. The number of carbonyl (C=O) groups is 2. The van der Waals surface area contributed by atoms with Gasteiger partial charge >= 0.3 is 11.9 Å². The summed E-state index contributed by atoms with van der Waals surface area (Å²) < 4.78 is 10.2. The summed E-state index contributed by atoms with van der Waals surface area (Å²) >= 11 is 0. The van der Waals surface area contributed by atoms with Gasteiger partial charge in [-0.2, -0.15) is 10.5 Å². The number of nitriles is 2. The molecule has 0 aliphatic rings. The maximum Gasteiger partial charge on any atom is 0.309 e. The van der Waals surface area contributed by atoms with Gasteiger partial charge in [0.25, 0.3) is 0 Å². The highest BCUT2D eigenvalue weighted by molar-refractivity contribution is 5.71. The number of hydrogen-bond donors (Lipinski definition) is 0. The fourth-order valence-electron chi connectivity index (χ4n) is 2.50. The first-order chi connectivity index (χ1) is 13.5.